The highest BCUT2D eigenvalue weighted by atomic mass is 16.5. The third-order valence-corrected chi connectivity index (χ3v) is 4.29. The normalized spacial score (nSPS) is 16.8. The molecule has 5 nitrogen and oxygen atoms in total. The Labute approximate surface area is 140 Å². The van der Waals surface area contributed by atoms with Gasteiger partial charge in [0.1, 0.15) is 12.4 Å². The third-order valence-electron chi connectivity index (χ3n) is 4.29. The van der Waals surface area contributed by atoms with Crippen molar-refractivity contribution in [1.82, 2.24) is 4.98 Å². The van der Waals surface area contributed by atoms with Crippen molar-refractivity contribution in [3.63, 3.8) is 0 Å². The highest BCUT2D eigenvalue weighted by Gasteiger charge is 2.25. The van der Waals surface area contributed by atoms with Crippen molar-refractivity contribution in [2.45, 2.75) is 6.42 Å². The first-order valence-electron chi connectivity index (χ1n) is 8.09. The number of anilines is 1. The van der Waals surface area contributed by atoms with Gasteiger partial charge in [-0.15, -0.1) is 0 Å². The van der Waals surface area contributed by atoms with Crippen LogP contribution >= 0.6 is 0 Å². The molecule has 0 saturated carbocycles. The topological polar surface area (TPSA) is 51.7 Å². The number of hydrogen-bond donors (Lipinski definition) is 0. The van der Waals surface area contributed by atoms with Crippen LogP contribution in [-0.4, -0.2) is 37.3 Å². The number of rotatable bonds is 2. The van der Waals surface area contributed by atoms with Gasteiger partial charge in [-0.2, -0.15) is 0 Å². The molecule has 2 aliphatic rings. The second-order valence-corrected chi connectivity index (χ2v) is 5.79. The number of hydrogen-bond acceptors (Lipinski definition) is 4. The molecule has 122 valence electrons. The second-order valence-electron chi connectivity index (χ2n) is 5.79. The highest BCUT2D eigenvalue weighted by molar-refractivity contribution is 6.07. The van der Waals surface area contributed by atoms with Gasteiger partial charge in [0.05, 0.1) is 31.0 Å². The molecule has 0 atom stereocenters. The Morgan fingerprint density at radius 2 is 2.08 bits per heavy atom. The monoisotopic (exact) mass is 322 g/mol. The van der Waals surface area contributed by atoms with E-state index in [0.717, 1.165) is 23.4 Å². The molecule has 24 heavy (non-hydrogen) atoms. The molecule has 2 aliphatic heterocycles. The van der Waals surface area contributed by atoms with E-state index in [-0.39, 0.29) is 5.91 Å². The lowest BCUT2D eigenvalue weighted by molar-refractivity contribution is 0.0976. The van der Waals surface area contributed by atoms with Crippen LogP contribution in [-0.2, 0) is 4.74 Å². The molecule has 0 N–H and O–H groups in total. The summed E-state index contributed by atoms with van der Waals surface area (Å²) in [6.45, 7) is 2.36. The summed E-state index contributed by atoms with van der Waals surface area (Å²) in [6, 6.07) is 9.54. The van der Waals surface area contributed by atoms with Crippen LogP contribution in [0.1, 0.15) is 22.3 Å². The van der Waals surface area contributed by atoms with Gasteiger partial charge >= 0.3 is 0 Å². The molecule has 0 aliphatic carbocycles. The lowest BCUT2D eigenvalue weighted by Gasteiger charge is -2.29. The molecule has 1 aromatic carbocycles. The molecule has 3 heterocycles. The first kappa shape index (κ1) is 14.9. The van der Waals surface area contributed by atoms with Crippen molar-refractivity contribution in [3.8, 4) is 5.75 Å². The number of pyridine rings is 1. The fourth-order valence-electron chi connectivity index (χ4n) is 3.06. The summed E-state index contributed by atoms with van der Waals surface area (Å²) in [6.07, 6.45) is 6.34. The van der Waals surface area contributed by atoms with Crippen LogP contribution in [0, 0.1) is 0 Å². The molecule has 0 unspecified atom stereocenters. The molecule has 4 rings (SSSR count). The average molecular weight is 322 g/mol. The molecule has 0 radical (unpaired) electrons. The van der Waals surface area contributed by atoms with Crippen molar-refractivity contribution in [2.75, 3.05) is 31.3 Å². The number of benzene rings is 1. The van der Waals surface area contributed by atoms with E-state index < -0.39 is 0 Å². The van der Waals surface area contributed by atoms with Crippen LogP contribution in [0.25, 0.3) is 5.57 Å². The average Bonchev–Trinajstić information content (AvgIpc) is 2.68. The standard InChI is InChI=1S/C19H18N2O3/c22-19(21-7-10-24-18-4-2-1-3-17(18)21)16-11-15(12-20-13-16)14-5-8-23-9-6-14/h1-5,11-13H,6-10H2. The minimum absolute atomic E-state index is 0.0484. The summed E-state index contributed by atoms with van der Waals surface area (Å²) in [4.78, 5) is 19.0. The summed E-state index contributed by atoms with van der Waals surface area (Å²) in [7, 11) is 0. The maximum atomic E-state index is 13.0. The van der Waals surface area contributed by atoms with E-state index in [4.69, 9.17) is 9.47 Å². The fourth-order valence-corrected chi connectivity index (χ4v) is 3.06. The van der Waals surface area contributed by atoms with Crippen LogP contribution in [0.4, 0.5) is 5.69 Å². The van der Waals surface area contributed by atoms with Gasteiger partial charge in [-0.3, -0.25) is 9.78 Å². The quantitative estimate of drug-likeness (QED) is 0.853. The Bertz CT molecular complexity index is 801. The van der Waals surface area contributed by atoms with Gasteiger partial charge < -0.3 is 14.4 Å². The molecule has 0 saturated heterocycles. The predicted octanol–water partition coefficient (Wildman–Crippen LogP) is 2.92. The summed E-state index contributed by atoms with van der Waals surface area (Å²) >= 11 is 0. The number of para-hydroxylation sites is 2. The number of fused-ring (bicyclic) bond motifs is 1. The second kappa shape index (κ2) is 6.45. The number of ether oxygens (including phenoxy) is 2. The number of amides is 1. The smallest absolute Gasteiger partial charge is 0.260 e. The number of aromatic nitrogens is 1. The van der Waals surface area contributed by atoms with Gasteiger partial charge in [-0.25, -0.2) is 0 Å². The SMILES string of the molecule is O=C(c1cncc(C2=CCOCC2)c1)N1CCOc2ccccc21. The van der Waals surface area contributed by atoms with E-state index in [1.807, 2.05) is 30.3 Å². The molecular formula is C19H18N2O3. The van der Waals surface area contributed by atoms with E-state index >= 15 is 0 Å². The summed E-state index contributed by atoms with van der Waals surface area (Å²) in [5.74, 6) is 0.695. The van der Waals surface area contributed by atoms with Gasteiger partial charge in [0.15, 0.2) is 0 Å². The maximum Gasteiger partial charge on any atom is 0.260 e. The number of nitrogens with zero attached hydrogens (tertiary/aromatic N) is 2. The van der Waals surface area contributed by atoms with Crippen LogP contribution in [0.2, 0.25) is 0 Å². The largest absolute Gasteiger partial charge is 0.490 e. The Morgan fingerprint density at radius 3 is 2.96 bits per heavy atom. The Kier molecular flexibility index (Phi) is 4.01. The summed E-state index contributed by atoms with van der Waals surface area (Å²) in [5.41, 5.74) is 3.58. The Morgan fingerprint density at radius 1 is 1.17 bits per heavy atom. The van der Waals surface area contributed by atoms with E-state index in [9.17, 15) is 4.79 Å². The zero-order valence-corrected chi connectivity index (χ0v) is 13.3. The summed E-state index contributed by atoms with van der Waals surface area (Å²) < 4.78 is 11.0. The molecule has 1 amide bonds. The minimum Gasteiger partial charge on any atom is -0.490 e. The van der Waals surface area contributed by atoms with Crippen molar-refractivity contribution >= 4 is 17.2 Å². The van der Waals surface area contributed by atoms with Gasteiger partial charge in [0.2, 0.25) is 0 Å². The van der Waals surface area contributed by atoms with Crippen molar-refractivity contribution in [1.29, 1.82) is 0 Å². The Balaban J connectivity index is 1.65. The van der Waals surface area contributed by atoms with Crippen LogP contribution in [0.5, 0.6) is 5.75 Å². The van der Waals surface area contributed by atoms with Crippen molar-refractivity contribution < 1.29 is 14.3 Å². The van der Waals surface area contributed by atoms with Crippen LogP contribution in [0.15, 0.2) is 48.8 Å². The van der Waals surface area contributed by atoms with Crippen LogP contribution < -0.4 is 9.64 Å². The summed E-state index contributed by atoms with van der Waals surface area (Å²) in [5, 5.41) is 0. The van der Waals surface area contributed by atoms with Gasteiger partial charge in [-0.05, 0) is 35.8 Å². The molecule has 2 aromatic rings. The molecular weight excluding hydrogens is 304 g/mol. The molecule has 0 spiro atoms. The first-order valence-corrected chi connectivity index (χ1v) is 8.09. The lowest BCUT2D eigenvalue weighted by atomic mass is 10.0. The first-order chi connectivity index (χ1) is 11.8. The number of carbonyl (C=O) groups excluding carboxylic acids is 1. The maximum absolute atomic E-state index is 13.0. The van der Waals surface area contributed by atoms with Crippen molar-refractivity contribution in [2.24, 2.45) is 0 Å². The predicted molar refractivity (Wildman–Crippen MR) is 91.3 cm³/mol. The van der Waals surface area contributed by atoms with Gasteiger partial charge in [0, 0.05) is 12.4 Å². The lowest BCUT2D eigenvalue weighted by Crippen LogP contribution is -2.38. The van der Waals surface area contributed by atoms with Crippen LogP contribution in [0.3, 0.4) is 0 Å². The van der Waals surface area contributed by atoms with Crippen molar-refractivity contribution in [3.05, 3.63) is 59.9 Å². The zero-order chi connectivity index (χ0) is 16.4. The molecule has 0 bridgehead atoms. The molecule has 0 fully saturated rings. The van der Waals surface area contributed by atoms with E-state index in [2.05, 4.69) is 11.1 Å². The van der Waals surface area contributed by atoms with E-state index in [1.165, 1.54) is 5.57 Å². The minimum atomic E-state index is -0.0484. The highest BCUT2D eigenvalue weighted by Crippen LogP contribution is 2.32. The van der Waals surface area contributed by atoms with E-state index in [0.29, 0.717) is 31.9 Å². The Hall–Kier alpha value is -2.66. The molecule has 1 aromatic heterocycles. The number of carbonyl (C=O) groups is 1. The van der Waals surface area contributed by atoms with E-state index in [1.54, 1.807) is 17.3 Å². The fraction of sp³-hybridized carbons (Fsp3) is 0.263. The van der Waals surface area contributed by atoms with Gasteiger partial charge in [-0.1, -0.05) is 18.2 Å². The third kappa shape index (κ3) is 2.78. The molecule has 5 heteroatoms. The zero-order valence-electron chi connectivity index (χ0n) is 13.3. The van der Waals surface area contributed by atoms with Gasteiger partial charge in [0.25, 0.3) is 5.91 Å².